The largest absolute Gasteiger partial charge is 0.496 e. The summed E-state index contributed by atoms with van der Waals surface area (Å²) < 4.78 is 21.0. The van der Waals surface area contributed by atoms with E-state index in [-0.39, 0.29) is 5.82 Å². The van der Waals surface area contributed by atoms with Gasteiger partial charge in [0.05, 0.1) is 12.8 Å². The fraction of sp³-hybridized carbons (Fsp3) is 0.400. The topological polar surface area (TPSA) is 53.1 Å². The third kappa shape index (κ3) is 2.82. The lowest BCUT2D eigenvalue weighted by Crippen LogP contribution is -2.17. The van der Waals surface area contributed by atoms with E-state index in [9.17, 15) is 4.39 Å². The van der Waals surface area contributed by atoms with Crippen molar-refractivity contribution in [3.05, 3.63) is 47.0 Å². The van der Waals surface area contributed by atoms with Gasteiger partial charge in [0.1, 0.15) is 11.6 Å². The highest BCUT2D eigenvalue weighted by atomic mass is 19.1. The van der Waals surface area contributed by atoms with Crippen LogP contribution in [0.25, 0.3) is 0 Å². The molecule has 1 atom stereocenters. The van der Waals surface area contributed by atoms with E-state index in [1.54, 1.807) is 16.8 Å². The normalized spacial score (nSPS) is 12.4. The molecule has 4 nitrogen and oxygen atoms in total. The van der Waals surface area contributed by atoms with Gasteiger partial charge in [-0.15, -0.1) is 0 Å². The van der Waals surface area contributed by atoms with E-state index >= 15 is 0 Å². The van der Waals surface area contributed by atoms with Crippen LogP contribution in [0.1, 0.15) is 29.9 Å². The number of aromatic nitrogens is 2. The summed E-state index contributed by atoms with van der Waals surface area (Å²) in [5, 5.41) is 4.38. The Morgan fingerprint density at radius 2 is 2.20 bits per heavy atom. The van der Waals surface area contributed by atoms with Crippen LogP contribution in [-0.2, 0) is 19.9 Å². The van der Waals surface area contributed by atoms with Gasteiger partial charge in [0.15, 0.2) is 0 Å². The molecular weight excluding hydrogens is 257 g/mol. The highest BCUT2D eigenvalue weighted by Gasteiger charge is 2.19. The number of rotatable bonds is 5. The Morgan fingerprint density at radius 1 is 1.45 bits per heavy atom. The molecule has 5 heteroatoms. The zero-order chi connectivity index (χ0) is 14.7. The lowest BCUT2D eigenvalue weighted by Gasteiger charge is -2.16. The zero-order valence-corrected chi connectivity index (χ0v) is 12.1. The molecule has 0 saturated carbocycles. The third-order valence-corrected chi connectivity index (χ3v) is 3.42. The minimum absolute atomic E-state index is 0.338. The molecule has 0 amide bonds. The van der Waals surface area contributed by atoms with Crippen molar-refractivity contribution in [2.75, 3.05) is 7.11 Å². The lowest BCUT2D eigenvalue weighted by molar-refractivity contribution is 0.398. The first kappa shape index (κ1) is 14.5. The average molecular weight is 277 g/mol. The minimum atomic E-state index is -0.466. The van der Waals surface area contributed by atoms with Crippen LogP contribution in [0.3, 0.4) is 0 Å². The number of methoxy groups -OCH3 is 1. The van der Waals surface area contributed by atoms with Crippen molar-refractivity contribution in [1.82, 2.24) is 9.78 Å². The Hall–Kier alpha value is -1.88. The Balaban J connectivity index is 2.28. The molecule has 0 aliphatic carbocycles. The monoisotopic (exact) mass is 277 g/mol. The number of halogens is 1. The van der Waals surface area contributed by atoms with Crippen LogP contribution in [0.5, 0.6) is 5.75 Å². The summed E-state index contributed by atoms with van der Waals surface area (Å²) in [6, 6.07) is 6.28. The maximum absolute atomic E-state index is 14.0. The maximum atomic E-state index is 14.0. The van der Waals surface area contributed by atoms with Crippen LogP contribution >= 0.6 is 0 Å². The first-order valence-corrected chi connectivity index (χ1v) is 6.66. The summed E-state index contributed by atoms with van der Waals surface area (Å²) in [6.45, 7) is 2.05. The molecule has 0 fully saturated rings. The van der Waals surface area contributed by atoms with Gasteiger partial charge >= 0.3 is 0 Å². The van der Waals surface area contributed by atoms with E-state index in [1.807, 2.05) is 20.0 Å². The predicted octanol–water partition coefficient (Wildman–Crippen LogP) is 2.37. The van der Waals surface area contributed by atoms with Crippen molar-refractivity contribution in [2.24, 2.45) is 12.8 Å². The number of nitrogens with zero attached hydrogens (tertiary/aromatic N) is 2. The van der Waals surface area contributed by atoms with Gasteiger partial charge in [-0.3, -0.25) is 4.68 Å². The van der Waals surface area contributed by atoms with Crippen molar-refractivity contribution < 1.29 is 9.13 Å². The van der Waals surface area contributed by atoms with Crippen molar-refractivity contribution in [3.8, 4) is 5.75 Å². The molecule has 0 saturated heterocycles. The van der Waals surface area contributed by atoms with E-state index < -0.39 is 6.04 Å². The Bertz CT molecular complexity index is 595. The van der Waals surface area contributed by atoms with E-state index in [1.165, 1.54) is 13.2 Å². The van der Waals surface area contributed by atoms with Crippen molar-refractivity contribution in [2.45, 2.75) is 25.8 Å². The number of ether oxygens (including phenoxy) is 1. The van der Waals surface area contributed by atoms with E-state index in [0.717, 1.165) is 17.8 Å². The Morgan fingerprint density at radius 3 is 2.80 bits per heavy atom. The third-order valence-electron chi connectivity index (χ3n) is 3.42. The second-order valence-electron chi connectivity index (χ2n) is 4.77. The van der Waals surface area contributed by atoms with Crippen molar-refractivity contribution >= 4 is 0 Å². The standard InChI is InChI=1S/C15H20FN3O/c1-4-10-8-11(19(2)18-10)9-13(17)15-12(16)6-5-7-14(15)20-3/h5-8,13H,4,9,17H2,1-3H3. The SMILES string of the molecule is CCc1cc(CC(N)c2c(F)cccc2OC)n(C)n1. The molecular formula is C15H20FN3O. The molecule has 0 spiro atoms. The van der Waals surface area contributed by atoms with Crippen LogP contribution in [-0.4, -0.2) is 16.9 Å². The molecule has 2 N–H and O–H groups in total. The van der Waals surface area contributed by atoms with Crippen LogP contribution in [0.2, 0.25) is 0 Å². The molecule has 1 heterocycles. The highest BCUT2D eigenvalue weighted by molar-refractivity contribution is 5.37. The van der Waals surface area contributed by atoms with Gasteiger partial charge in [-0.1, -0.05) is 13.0 Å². The van der Waals surface area contributed by atoms with E-state index in [4.69, 9.17) is 10.5 Å². The molecule has 108 valence electrons. The zero-order valence-electron chi connectivity index (χ0n) is 12.1. The number of nitrogens with two attached hydrogens (primary N) is 1. The first-order valence-electron chi connectivity index (χ1n) is 6.66. The summed E-state index contributed by atoms with van der Waals surface area (Å²) in [4.78, 5) is 0. The van der Waals surface area contributed by atoms with Crippen molar-refractivity contribution in [3.63, 3.8) is 0 Å². The minimum Gasteiger partial charge on any atom is -0.496 e. The van der Waals surface area contributed by atoms with Crippen LogP contribution in [0.15, 0.2) is 24.3 Å². The number of hydrogen-bond acceptors (Lipinski definition) is 3. The molecule has 20 heavy (non-hydrogen) atoms. The summed E-state index contributed by atoms with van der Waals surface area (Å²) in [6.07, 6.45) is 1.38. The Kier molecular flexibility index (Phi) is 4.39. The summed E-state index contributed by atoms with van der Waals surface area (Å²) in [5.74, 6) is 0.144. The lowest BCUT2D eigenvalue weighted by atomic mass is 10.0. The second-order valence-corrected chi connectivity index (χ2v) is 4.77. The first-order chi connectivity index (χ1) is 9.56. The molecule has 1 aromatic heterocycles. The molecule has 0 aliphatic rings. The number of hydrogen-bond donors (Lipinski definition) is 1. The average Bonchev–Trinajstić information content (AvgIpc) is 2.78. The Labute approximate surface area is 118 Å². The fourth-order valence-corrected chi connectivity index (χ4v) is 2.32. The number of benzene rings is 1. The quantitative estimate of drug-likeness (QED) is 0.913. The van der Waals surface area contributed by atoms with Gasteiger partial charge in [-0.05, 0) is 24.6 Å². The summed E-state index contributed by atoms with van der Waals surface area (Å²) >= 11 is 0. The molecule has 0 aliphatic heterocycles. The van der Waals surface area contributed by atoms with Gasteiger partial charge in [0.2, 0.25) is 0 Å². The van der Waals surface area contributed by atoms with Crippen LogP contribution in [0.4, 0.5) is 4.39 Å². The van der Waals surface area contributed by atoms with Crippen LogP contribution < -0.4 is 10.5 Å². The van der Waals surface area contributed by atoms with Gasteiger partial charge in [-0.2, -0.15) is 5.10 Å². The second kappa shape index (κ2) is 6.05. The maximum Gasteiger partial charge on any atom is 0.131 e. The predicted molar refractivity (Wildman–Crippen MR) is 76.2 cm³/mol. The van der Waals surface area contributed by atoms with Gasteiger partial charge < -0.3 is 10.5 Å². The van der Waals surface area contributed by atoms with E-state index in [0.29, 0.717) is 17.7 Å². The summed E-state index contributed by atoms with van der Waals surface area (Å²) in [5.41, 5.74) is 8.57. The molecule has 2 rings (SSSR count). The van der Waals surface area contributed by atoms with Gasteiger partial charge in [-0.25, -0.2) is 4.39 Å². The van der Waals surface area contributed by atoms with Crippen molar-refractivity contribution in [1.29, 1.82) is 0 Å². The van der Waals surface area contributed by atoms with Crippen LogP contribution in [0, 0.1) is 5.82 Å². The summed E-state index contributed by atoms with van der Waals surface area (Å²) in [7, 11) is 3.39. The van der Waals surface area contributed by atoms with E-state index in [2.05, 4.69) is 5.10 Å². The highest BCUT2D eigenvalue weighted by Crippen LogP contribution is 2.28. The molecule has 2 aromatic rings. The number of aryl methyl sites for hydroxylation is 2. The molecule has 0 radical (unpaired) electrons. The molecule has 1 aromatic carbocycles. The fourth-order valence-electron chi connectivity index (χ4n) is 2.32. The van der Waals surface area contributed by atoms with Gasteiger partial charge in [0.25, 0.3) is 0 Å². The molecule has 0 bridgehead atoms. The smallest absolute Gasteiger partial charge is 0.131 e. The molecule has 1 unspecified atom stereocenters. The van der Waals surface area contributed by atoms with Gasteiger partial charge in [0, 0.05) is 30.8 Å².